The molecule has 0 bridgehead atoms. The third kappa shape index (κ3) is 4.84. The highest BCUT2D eigenvalue weighted by molar-refractivity contribution is 6.08. The van der Waals surface area contributed by atoms with E-state index in [0.29, 0.717) is 29.9 Å². The van der Waals surface area contributed by atoms with Crippen LogP contribution in [-0.4, -0.2) is 28.3 Å². The lowest BCUT2D eigenvalue weighted by molar-refractivity contribution is 0.0233. The van der Waals surface area contributed by atoms with Crippen LogP contribution in [0.5, 0.6) is 0 Å². The molecule has 7 heteroatoms. The van der Waals surface area contributed by atoms with Gasteiger partial charge in [-0.3, -0.25) is 20.0 Å². The number of aromatic nitrogens is 1. The SMILES string of the molecule is CCOCc1ccc(C(=O)NN2C=COC2c2ccc(C(=O)c3cccnc3)cc2)cc1. The van der Waals surface area contributed by atoms with Gasteiger partial charge >= 0.3 is 0 Å². The molecule has 162 valence electrons. The molecule has 0 spiro atoms. The Balaban J connectivity index is 1.41. The maximum atomic E-state index is 12.7. The fourth-order valence-electron chi connectivity index (χ4n) is 3.27. The van der Waals surface area contributed by atoms with Gasteiger partial charge < -0.3 is 9.47 Å². The van der Waals surface area contributed by atoms with E-state index in [0.717, 1.165) is 11.1 Å². The predicted octanol–water partition coefficient (Wildman–Crippen LogP) is 4.00. The summed E-state index contributed by atoms with van der Waals surface area (Å²) in [6.45, 7) is 3.10. The molecule has 2 aromatic carbocycles. The topological polar surface area (TPSA) is 80.8 Å². The van der Waals surface area contributed by atoms with Gasteiger partial charge in [-0.25, -0.2) is 5.01 Å². The van der Waals surface area contributed by atoms with Gasteiger partial charge in [0.2, 0.25) is 6.23 Å². The molecule has 3 aromatic rings. The van der Waals surface area contributed by atoms with Gasteiger partial charge in [0.15, 0.2) is 5.78 Å². The number of carbonyl (C=O) groups excluding carboxylic acids is 2. The first-order valence-electron chi connectivity index (χ1n) is 10.3. The van der Waals surface area contributed by atoms with Gasteiger partial charge in [-0.05, 0) is 36.8 Å². The lowest BCUT2D eigenvalue weighted by Crippen LogP contribution is -2.39. The van der Waals surface area contributed by atoms with Gasteiger partial charge in [0, 0.05) is 41.3 Å². The van der Waals surface area contributed by atoms with Crippen molar-refractivity contribution in [1.82, 2.24) is 15.4 Å². The number of benzene rings is 2. The largest absolute Gasteiger partial charge is 0.471 e. The van der Waals surface area contributed by atoms with Crippen molar-refractivity contribution in [3.05, 3.63) is 113 Å². The van der Waals surface area contributed by atoms with Crippen LogP contribution >= 0.6 is 0 Å². The van der Waals surface area contributed by atoms with Gasteiger partial charge in [0.05, 0.1) is 12.8 Å². The molecular formula is C25H23N3O4. The van der Waals surface area contributed by atoms with Crippen molar-refractivity contribution in [1.29, 1.82) is 0 Å². The van der Waals surface area contributed by atoms with Crippen molar-refractivity contribution in [2.24, 2.45) is 0 Å². The summed E-state index contributed by atoms with van der Waals surface area (Å²) < 4.78 is 11.0. The van der Waals surface area contributed by atoms with Crippen LogP contribution in [0.2, 0.25) is 0 Å². The first kappa shape index (κ1) is 21.3. The van der Waals surface area contributed by atoms with E-state index in [2.05, 4.69) is 10.4 Å². The van der Waals surface area contributed by atoms with Gasteiger partial charge in [-0.2, -0.15) is 0 Å². The highest BCUT2D eigenvalue weighted by Gasteiger charge is 2.25. The molecule has 0 saturated carbocycles. The Labute approximate surface area is 186 Å². The summed E-state index contributed by atoms with van der Waals surface area (Å²) in [4.78, 5) is 29.2. The van der Waals surface area contributed by atoms with Gasteiger partial charge in [-0.15, -0.1) is 0 Å². The van der Waals surface area contributed by atoms with E-state index in [9.17, 15) is 9.59 Å². The monoisotopic (exact) mass is 429 g/mol. The normalized spacial score (nSPS) is 14.8. The number of ketones is 1. The Hall–Kier alpha value is -3.97. The Morgan fingerprint density at radius 1 is 1.03 bits per heavy atom. The number of hydrazine groups is 1. The van der Waals surface area contributed by atoms with Crippen molar-refractivity contribution in [2.75, 3.05) is 6.61 Å². The quantitative estimate of drug-likeness (QED) is 0.545. The number of ether oxygens (including phenoxy) is 2. The number of hydrogen-bond donors (Lipinski definition) is 1. The number of hydrogen-bond acceptors (Lipinski definition) is 6. The number of nitrogens with zero attached hydrogens (tertiary/aromatic N) is 2. The molecule has 0 radical (unpaired) electrons. The lowest BCUT2D eigenvalue weighted by atomic mass is 10.0. The highest BCUT2D eigenvalue weighted by atomic mass is 16.5. The summed E-state index contributed by atoms with van der Waals surface area (Å²) in [6.07, 6.45) is 5.81. The second-order valence-corrected chi connectivity index (χ2v) is 7.15. The zero-order valence-electron chi connectivity index (χ0n) is 17.6. The molecule has 1 N–H and O–H groups in total. The summed E-state index contributed by atoms with van der Waals surface area (Å²) in [5.74, 6) is -0.357. The smallest absolute Gasteiger partial charge is 0.269 e. The molecule has 1 amide bonds. The van der Waals surface area contributed by atoms with E-state index in [-0.39, 0.29) is 11.7 Å². The molecule has 32 heavy (non-hydrogen) atoms. The average molecular weight is 429 g/mol. The van der Waals surface area contributed by atoms with Crippen LogP contribution in [0.3, 0.4) is 0 Å². The number of pyridine rings is 1. The minimum absolute atomic E-state index is 0.104. The standard InChI is InChI=1S/C25H23N3O4/c1-2-31-17-18-5-7-20(8-6-18)24(30)27-28-14-15-32-25(28)21-11-9-19(10-12-21)23(29)22-4-3-13-26-16-22/h3-16,25H,2,17H2,1H3,(H,27,30). The first-order chi connectivity index (χ1) is 15.7. The van der Waals surface area contributed by atoms with Crippen molar-refractivity contribution in [3.63, 3.8) is 0 Å². The molecule has 1 atom stereocenters. The fourth-order valence-corrected chi connectivity index (χ4v) is 3.27. The third-order valence-corrected chi connectivity index (χ3v) is 4.98. The number of rotatable bonds is 8. The van der Waals surface area contributed by atoms with E-state index in [1.165, 1.54) is 6.26 Å². The Bertz CT molecular complexity index is 1100. The van der Waals surface area contributed by atoms with Gasteiger partial charge in [0.1, 0.15) is 6.26 Å². The van der Waals surface area contributed by atoms with Crippen LogP contribution in [0, 0.1) is 0 Å². The Morgan fingerprint density at radius 2 is 1.78 bits per heavy atom. The van der Waals surface area contributed by atoms with E-state index in [1.54, 1.807) is 60.0 Å². The summed E-state index contributed by atoms with van der Waals surface area (Å²) >= 11 is 0. The van der Waals surface area contributed by atoms with Crippen LogP contribution in [0.15, 0.2) is 85.5 Å². The third-order valence-electron chi connectivity index (χ3n) is 4.98. The zero-order chi connectivity index (χ0) is 22.3. The van der Waals surface area contributed by atoms with Crippen molar-refractivity contribution < 1.29 is 19.1 Å². The lowest BCUT2D eigenvalue weighted by Gasteiger charge is -2.25. The molecule has 1 aromatic heterocycles. The molecule has 2 heterocycles. The number of nitrogens with one attached hydrogen (secondary N) is 1. The van der Waals surface area contributed by atoms with Crippen molar-refractivity contribution >= 4 is 11.7 Å². The van der Waals surface area contributed by atoms with E-state index >= 15 is 0 Å². The first-order valence-corrected chi connectivity index (χ1v) is 10.3. The highest BCUT2D eigenvalue weighted by Crippen LogP contribution is 2.26. The van der Waals surface area contributed by atoms with Crippen LogP contribution in [0.4, 0.5) is 0 Å². The fraction of sp³-hybridized carbons (Fsp3) is 0.160. The van der Waals surface area contributed by atoms with E-state index in [1.807, 2.05) is 31.2 Å². The minimum atomic E-state index is -0.529. The van der Waals surface area contributed by atoms with E-state index < -0.39 is 6.23 Å². The maximum Gasteiger partial charge on any atom is 0.269 e. The molecular weight excluding hydrogens is 406 g/mol. The maximum absolute atomic E-state index is 12.7. The van der Waals surface area contributed by atoms with Gasteiger partial charge in [0.25, 0.3) is 5.91 Å². The number of amides is 1. The van der Waals surface area contributed by atoms with Crippen molar-refractivity contribution in [2.45, 2.75) is 19.8 Å². The summed E-state index contributed by atoms with van der Waals surface area (Å²) in [6, 6.07) is 17.8. The number of carbonyl (C=O) groups is 2. The van der Waals surface area contributed by atoms with Gasteiger partial charge in [-0.1, -0.05) is 36.4 Å². The molecule has 1 aliphatic heterocycles. The van der Waals surface area contributed by atoms with Crippen molar-refractivity contribution in [3.8, 4) is 0 Å². The average Bonchev–Trinajstić information content (AvgIpc) is 3.31. The Kier molecular flexibility index (Phi) is 6.57. The Morgan fingerprint density at radius 3 is 2.47 bits per heavy atom. The second kappa shape index (κ2) is 9.89. The molecule has 0 saturated heterocycles. The summed E-state index contributed by atoms with van der Waals surface area (Å²) in [5.41, 5.74) is 6.26. The van der Waals surface area contributed by atoms with Crippen LogP contribution in [0.25, 0.3) is 0 Å². The molecule has 1 aliphatic rings. The molecule has 0 aliphatic carbocycles. The second-order valence-electron chi connectivity index (χ2n) is 7.15. The minimum Gasteiger partial charge on any atom is -0.471 e. The van der Waals surface area contributed by atoms with Crippen LogP contribution in [-0.2, 0) is 16.1 Å². The molecule has 1 unspecified atom stereocenters. The summed E-state index contributed by atoms with van der Waals surface area (Å²) in [5, 5.41) is 1.59. The van der Waals surface area contributed by atoms with Crippen LogP contribution in [0.1, 0.15) is 50.6 Å². The summed E-state index contributed by atoms with van der Waals surface area (Å²) in [7, 11) is 0. The molecule has 7 nitrogen and oxygen atoms in total. The van der Waals surface area contributed by atoms with Crippen LogP contribution < -0.4 is 5.43 Å². The van der Waals surface area contributed by atoms with E-state index in [4.69, 9.17) is 9.47 Å². The zero-order valence-corrected chi connectivity index (χ0v) is 17.6. The molecule has 0 fully saturated rings. The predicted molar refractivity (Wildman–Crippen MR) is 118 cm³/mol. The molecule has 4 rings (SSSR count).